The minimum atomic E-state index is 0.732. The third kappa shape index (κ3) is 2.31. The Bertz CT molecular complexity index is 476. The predicted octanol–water partition coefficient (Wildman–Crippen LogP) is 4.61. The first-order valence-corrected chi connectivity index (χ1v) is 8.87. The van der Waals surface area contributed by atoms with Crippen LogP contribution in [0.2, 0.25) is 0 Å². The molecule has 0 aromatic carbocycles. The molecule has 2 heteroatoms. The Morgan fingerprint density at radius 1 is 1.00 bits per heavy atom. The molecule has 2 fully saturated rings. The predicted molar refractivity (Wildman–Crippen MR) is 81.8 cm³/mol. The first-order valence-electron chi connectivity index (χ1n) is 8.87. The summed E-state index contributed by atoms with van der Waals surface area (Å²) in [6.07, 6.45) is 13.9. The van der Waals surface area contributed by atoms with Gasteiger partial charge in [0.25, 0.3) is 0 Å². The standard InChI is InChI=1S/C18H28N2/c1-12-6-9-16-17(10-12)20-18(19-16)15-8-7-13-4-2-3-5-14(13)11-15/h12-15H,2-11H2,1H3,(H,19,20). The number of nitrogens with one attached hydrogen (secondary N) is 1. The van der Waals surface area contributed by atoms with E-state index >= 15 is 0 Å². The van der Waals surface area contributed by atoms with Crippen LogP contribution in [0, 0.1) is 17.8 Å². The van der Waals surface area contributed by atoms with Crippen molar-refractivity contribution in [1.82, 2.24) is 9.97 Å². The lowest BCUT2D eigenvalue weighted by molar-refractivity contribution is 0.153. The summed E-state index contributed by atoms with van der Waals surface area (Å²) in [6.45, 7) is 2.37. The average molecular weight is 272 g/mol. The Balaban J connectivity index is 1.50. The van der Waals surface area contributed by atoms with Crippen molar-refractivity contribution in [3.63, 3.8) is 0 Å². The van der Waals surface area contributed by atoms with E-state index in [0.717, 1.165) is 23.7 Å². The van der Waals surface area contributed by atoms with Crippen LogP contribution in [-0.2, 0) is 12.8 Å². The van der Waals surface area contributed by atoms with E-state index in [1.54, 1.807) is 0 Å². The molecule has 1 N–H and O–H groups in total. The number of fused-ring (bicyclic) bond motifs is 2. The minimum absolute atomic E-state index is 0.732. The Hall–Kier alpha value is -0.790. The molecule has 3 aliphatic carbocycles. The van der Waals surface area contributed by atoms with Crippen LogP contribution in [0.5, 0.6) is 0 Å². The van der Waals surface area contributed by atoms with Crippen molar-refractivity contribution in [2.24, 2.45) is 17.8 Å². The van der Waals surface area contributed by atoms with Gasteiger partial charge in [0, 0.05) is 11.6 Å². The molecule has 3 aliphatic rings. The van der Waals surface area contributed by atoms with Crippen molar-refractivity contribution in [2.75, 3.05) is 0 Å². The van der Waals surface area contributed by atoms with Gasteiger partial charge in [-0.15, -0.1) is 0 Å². The summed E-state index contributed by atoms with van der Waals surface area (Å²) in [5.41, 5.74) is 2.85. The zero-order valence-electron chi connectivity index (χ0n) is 12.8. The average Bonchev–Trinajstić information content (AvgIpc) is 2.89. The first kappa shape index (κ1) is 12.9. The normalized spacial score (nSPS) is 37.2. The van der Waals surface area contributed by atoms with Gasteiger partial charge in [-0.2, -0.15) is 0 Å². The molecule has 1 aromatic rings. The second-order valence-electron chi connectivity index (χ2n) is 7.71. The zero-order valence-corrected chi connectivity index (χ0v) is 12.8. The monoisotopic (exact) mass is 272 g/mol. The van der Waals surface area contributed by atoms with Gasteiger partial charge in [-0.25, -0.2) is 4.98 Å². The maximum Gasteiger partial charge on any atom is 0.109 e. The number of hydrogen-bond donors (Lipinski definition) is 1. The SMILES string of the molecule is CC1CCc2nc(C3CCC4CCCCC4C3)[nH]c2C1. The molecule has 0 bridgehead atoms. The summed E-state index contributed by atoms with van der Waals surface area (Å²) in [5, 5.41) is 0. The van der Waals surface area contributed by atoms with Crippen LogP contribution in [0.15, 0.2) is 0 Å². The highest BCUT2D eigenvalue weighted by Crippen LogP contribution is 2.45. The number of imidazole rings is 1. The van der Waals surface area contributed by atoms with Gasteiger partial charge in [0.1, 0.15) is 5.82 Å². The Morgan fingerprint density at radius 3 is 2.75 bits per heavy atom. The first-order chi connectivity index (χ1) is 9.79. The Kier molecular flexibility index (Phi) is 3.36. The van der Waals surface area contributed by atoms with Gasteiger partial charge in [-0.1, -0.05) is 32.6 Å². The van der Waals surface area contributed by atoms with E-state index in [4.69, 9.17) is 4.98 Å². The molecule has 0 spiro atoms. The Morgan fingerprint density at radius 2 is 1.85 bits per heavy atom. The molecule has 0 saturated heterocycles. The minimum Gasteiger partial charge on any atom is -0.345 e. The van der Waals surface area contributed by atoms with Crippen LogP contribution in [0.3, 0.4) is 0 Å². The quantitative estimate of drug-likeness (QED) is 0.794. The number of rotatable bonds is 1. The maximum absolute atomic E-state index is 4.99. The van der Waals surface area contributed by atoms with E-state index in [0.29, 0.717) is 0 Å². The molecule has 0 amide bonds. The summed E-state index contributed by atoms with van der Waals surface area (Å²) in [6, 6.07) is 0. The number of aryl methyl sites for hydroxylation is 1. The summed E-state index contributed by atoms with van der Waals surface area (Å²) in [4.78, 5) is 8.71. The van der Waals surface area contributed by atoms with Crippen LogP contribution in [0.25, 0.3) is 0 Å². The van der Waals surface area contributed by atoms with E-state index in [-0.39, 0.29) is 0 Å². The largest absolute Gasteiger partial charge is 0.345 e. The van der Waals surface area contributed by atoms with Crippen molar-refractivity contribution in [2.45, 2.75) is 77.0 Å². The molecule has 2 nitrogen and oxygen atoms in total. The fraction of sp³-hybridized carbons (Fsp3) is 0.833. The number of aromatic nitrogens is 2. The highest BCUT2D eigenvalue weighted by Gasteiger charge is 2.34. The molecule has 4 atom stereocenters. The topological polar surface area (TPSA) is 28.7 Å². The molecule has 1 aromatic heterocycles. The van der Waals surface area contributed by atoms with Crippen molar-refractivity contribution >= 4 is 0 Å². The molecular formula is C18H28N2. The number of aromatic amines is 1. The van der Waals surface area contributed by atoms with Gasteiger partial charge in [-0.3, -0.25) is 0 Å². The third-order valence-corrected chi connectivity index (χ3v) is 6.24. The van der Waals surface area contributed by atoms with Gasteiger partial charge >= 0.3 is 0 Å². The second-order valence-corrected chi connectivity index (χ2v) is 7.71. The number of H-pyrrole nitrogens is 1. The van der Waals surface area contributed by atoms with Gasteiger partial charge in [0.2, 0.25) is 0 Å². The fourth-order valence-corrected chi connectivity index (χ4v) is 4.99. The van der Waals surface area contributed by atoms with Crippen LogP contribution in [0.1, 0.15) is 81.4 Å². The summed E-state index contributed by atoms with van der Waals surface area (Å²) >= 11 is 0. The maximum atomic E-state index is 4.99. The molecule has 110 valence electrons. The van der Waals surface area contributed by atoms with Crippen molar-refractivity contribution in [3.05, 3.63) is 17.2 Å². The van der Waals surface area contributed by atoms with E-state index < -0.39 is 0 Å². The number of nitrogens with zero attached hydrogens (tertiary/aromatic N) is 1. The van der Waals surface area contributed by atoms with Crippen molar-refractivity contribution < 1.29 is 0 Å². The Labute approximate surface area is 122 Å². The van der Waals surface area contributed by atoms with Crippen LogP contribution in [0.4, 0.5) is 0 Å². The zero-order chi connectivity index (χ0) is 13.5. The fourth-order valence-electron chi connectivity index (χ4n) is 4.99. The molecule has 2 saturated carbocycles. The highest BCUT2D eigenvalue weighted by molar-refractivity contribution is 5.20. The summed E-state index contributed by atoms with van der Waals surface area (Å²) in [5.74, 6) is 4.96. The van der Waals surface area contributed by atoms with Gasteiger partial charge in [0.15, 0.2) is 0 Å². The van der Waals surface area contributed by atoms with Gasteiger partial charge in [0.05, 0.1) is 5.69 Å². The summed E-state index contributed by atoms with van der Waals surface area (Å²) in [7, 11) is 0. The lowest BCUT2D eigenvalue weighted by Crippen LogP contribution is -2.27. The molecular weight excluding hydrogens is 244 g/mol. The van der Waals surface area contributed by atoms with Crippen molar-refractivity contribution in [1.29, 1.82) is 0 Å². The van der Waals surface area contributed by atoms with Crippen molar-refractivity contribution in [3.8, 4) is 0 Å². The number of hydrogen-bond acceptors (Lipinski definition) is 1. The second kappa shape index (κ2) is 5.20. The summed E-state index contributed by atoms with van der Waals surface area (Å²) < 4.78 is 0. The molecule has 0 aliphatic heterocycles. The van der Waals surface area contributed by atoms with Crippen LogP contribution < -0.4 is 0 Å². The third-order valence-electron chi connectivity index (χ3n) is 6.24. The lowest BCUT2D eigenvalue weighted by Gasteiger charge is -2.38. The van der Waals surface area contributed by atoms with E-state index in [1.165, 1.54) is 81.4 Å². The van der Waals surface area contributed by atoms with Gasteiger partial charge in [-0.05, 0) is 56.3 Å². The lowest BCUT2D eigenvalue weighted by atomic mass is 9.67. The highest BCUT2D eigenvalue weighted by atomic mass is 14.9. The van der Waals surface area contributed by atoms with E-state index in [1.807, 2.05) is 0 Å². The molecule has 20 heavy (non-hydrogen) atoms. The van der Waals surface area contributed by atoms with Crippen LogP contribution in [-0.4, -0.2) is 9.97 Å². The molecule has 0 radical (unpaired) electrons. The smallest absolute Gasteiger partial charge is 0.109 e. The van der Waals surface area contributed by atoms with E-state index in [9.17, 15) is 0 Å². The molecule has 4 rings (SSSR count). The molecule has 4 unspecified atom stereocenters. The van der Waals surface area contributed by atoms with Crippen LogP contribution >= 0.6 is 0 Å². The molecule has 1 heterocycles. The van der Waals surface area contributed by atoms with Gasteiger partial charge < -0.3 is 4.98 Å². The van der Waals surface area contributed by atoms with E-state index in [2.05, 4.69) is 11.9 Å².